The highest BCUT2D eigenvalue weighted by molar-refractivity contribution is 7.73. The summed E-state index contributed by atoms with van der Waals surface area (Å²) in [6, 6.07) is 0.889. The first kappa shape index (κ1) is 8.71. The van der Waals surface area contributed by atoms with Gasteiger partial charge in [-0.15, -0.1) is 11.3 Å². The molecule has 2 aromatic rings. The SMILES string of the molecule is Fc1cc2[nH]c(=S)sc2c(F)c1F. The number of benzene rings is 1. The normalized spacial score (nSPS) is 11.0. The monoisotopic (exact) mass is 221 g/mol. The van der Waals surface area contributed by atoms with E-state index in [1.165, 1.54) is 0 Å². The van der Waals surface area contributed by atoms with Crippen molar-refractivity contribution in [1.82, 2.24) is 4.98 Å². The van der Waals surface area contributed by atoms with E-state index in [4.69, 9.17) is 12.2 Å². The molecular formula is C7H2F3NS2. The number of hydrogen-bond acceptors (Lipinski definition) is 2. The van der Waals surface area contributed by atoms with Crippen molar-refractivity contribution in [1.29, 1.82) is 0 Å². The van der Waals surface area contributed by atoms with Crippen molar-refractivity contribution in [2.45, 2.75) is 0 Å². The molecule has 1 heterocycles. The largest absolute Gasteiger partial charge is 0.337 e. The van der Waals surface area contributed by atoms with Crippen LogP contribution in [0.2, 0.25) is 0 Å². The number of halogens is 3. The number of aromatic nitrogens is 1. The molecule has 1 aromatic carbocycles. The third-order valence-corrected chi connectivity index (χ3v) is 2.79. The van der Waals surface area contributed by atoms with E-state index in [1.807, 2.05) is 0 Å². The Morgan fingerprint density at radius 1 is 1.23 bits per heavy atom. The number of rotatable bonds is 0. The van der Waals surface area contributed by atoms with E-state index < -0.39 is 17.5 Å². The highest BCUT2D eigenvalue weighted by Crippen LogP contribution is 2.26. The summed E-state index contributed by atoms with van der Waals surface area (Å²) in [7, 11) is 0. The third kappa shape index (κ3) is 1.26. The van der Waals surface area contributed by atoms with E-state index in [1.54, 1.807) is 0 Å². The molecule has 0 aliphatic rings. The molecule has 2 rings (SSSR count). The van der Waals surface area contributed by atoms with Gasteiger partial charge in [0.25, 0.3) is 0 Å². The highest BCUT2D eigenvalue weighted by atomic mass is 32.1. The van der Waals surface area contributed by atoms with Crippen LogP contribution in [0.5, 0.6) is 0 Å². The predicted molar refractivity (Wildman–Crippen MR) is 46.9 cm³/mol. The van der Waals surface area contributed by atoms with Crippen LogP contribution in [-0.2, 0) is 0 Å². The molecular weight excluding hydrogens is 219 g/mol. The summed E-state index contributed by atoms with van der Waals surface area (Å²) in [5.41, 5.74) is 0.186. The first-order valence-corrected chi connectivity index (χ1v) is 4.48. The molecule has 0 atom stereocenters. The van der Waals surface area contributed by atoms with Crippen LogP contribution in [0.1, 0.15) is 0 Å². The van der Waals surface area contributed by atoms with Gasteiger partial charge < -0.3 is 4.98 Å². The Morgan fingerprint density at radius 2 is 1.92 bits per heavy atom. The molecule has 0 saturated carbocycles. The van der Waals surface area contributed by atoms with Gasteiger partial charge in [0.05, 0.1) is 10.2 Å². The molecule has 0 saturated heterocycles. The van der Waals surface area contributed by atoms with E-state index in [9.17, 15) is 13.2 Å². The smallest absolute Gasteiger partial charge is 0.196 e. The van der Waals surface area contributed by atoms with Crippen LogP contribution in [0.4, 0.5) is 13.2 Å². The number of aromatic amines is 1. The maximum atomic E-state index is 13.0. The van der Waals surface area contributed by atoms with Gasteiger partial charge in [0.15, 0.2) is 21.4 Å². The Bertz CT molecular complexity index is 528. The third-order valence-electron chi connectivity index (χ3n) is 1.55. The standard InChI is InChI=1S/C7H2F3NS2/c8-2-1-3-6(5(10)4(2)9)13-7(12)11-3/h1H,(H,11,12). The van der Waals surface area contributed by atoms with Gasteiger partial charge in [-0.1, -0.05) is 0 Å². The zero-order valence-electron chi connectivity index (χ0n) is 6.03. The van der Waals surface area contributed by atoms with Gasteiger partial charge in [0.2, 0.25) is 0 Å². The van der Waals surface area contributed by atoms with Crippen molar-refractivity contribution in [2.75, 3.05) is 0 Å². The van der Waals surface area contributed by atoms with E-state index in [2.05, 4.69) is 4.98 Å². The summed E-state index contributed by atoms with van der Waals surface area (Å²) in [6.07, 6.45) is 0. The van der Waals surface area contributed by atoms with Crippen molar-refractivity contribution in [3.8, 4) is 0 Å². The number of thiazole rings is 1. The fourth-order valence-corrected chi connectivity index (χ4v) is 2.10. The van der Waals surface area contributed by atoms with E-state index in [-0.39, 0.29) is 10.2 Å². The van der Waals surface area contributed by atoms with Crippen LogP contribution < -0.4 is 0 Å². The molecule has 0 amide bonds. The van der Waals surface area contributed by atoms with Gasteiger partial charge in [0, 0.05) is 6.07 Å². The van der Waals surface area contributed by atoms with Crippen LogP contribution in [0.25, 0.3) is 10.2 Å². The van der Waals surface area contributed by atoms with Crippen LogP contribution in [0.15, 0.2) is 6.07 Å². The fraction of sp³-hybridized carbons (Fsp3) is 0. The lowest BCUT2D eigenvalue weighted by Crippen LogP contribution is -1.89. The molecule has 6 heteroatoms. The first-order valence-electron chi connectivity index (χ1n) is 3.26. The number of hydrogen-bond donors (Lipinski definition) is 1. The Hall–Kier alpha value is -0.880. The van der Waals surface area contributed by atoms with Crippen LogP contribution in [-0.4, -0.2) is 4.98 Å². The second-order valence-electron chi connectivity index (χ2n) is 2.38. The molecule has 0 radical (unpaired) electrons. The summed E-state index contributed by atoms with van der Waals surface area (Å²) in [4.78, 5) is 2.55. The lowest BCUT2D eigenvalue weighted by molar-refractivity contribution is 0.454. The summed E-state index contributed by atoms with van der Waals surface area (Å²) in [5.74, 6) is -3.86. The lowest BCUT2D eigenvalue weighted by atomic mass is 10.3. The number of nitrogens with one attached hydrogen (secondary N) is 1. The van der Waals surface area contributed by atoms with Crippen LogP contribution in [0.3, 0.4) is 0 Å². The van der Waals surface area contributed by atoms with Gasteiger partial charge >= 0.3 is 0 Å². The highest BCUT2D eigenvalue weighted by Gasteiger charge is 2.14. The molecule has 0 fully saturated rings. The van der Waals surface area contributed by atoms with Gasteiger partial charge in [-0.2, -0.15) is 0 Å². The van der Waals surface area contributed by atoms with Crippen molar-refractivity contribution in [2.24, 2.45) is 0 Å². The maximum absolute atomic E-state index is 13.0. The van der Waals surface area contributed by atoms with Crippen molar-refractivity contribution in [3.63, 3.8) is 0 Å². The summed E-state index contributed by atoms with van der Waals surface area (Å²) in [5, 5.41) is 0. The quantitative estimate of drug-likeness (QED) is 0.532. The van der Waals surface area contributed by atoms with Gasteiger partial charge in [0.1, 0.15) is 0 Å². The Labute approximate surface area is 79.8 Å². The molecule has 0 aliphatic heterocycles. The molecule has 68 valence electrons. The van der Waals surface area contributed by atoms with Crippen LogP contribution in [0, 0.1) is 21.4 Å². The molecule has 0 aliphatic carbocycles. The first-order chi connectivity index (χ1) is 6.09. The molecule has 0 spiro atoms. The van der Waals surface area contributed by atoms with E-state index >= 15 is 0 Å². The van der Waals surface area contributed by atoms with Crippen molar-refractivity contribution >= 4 is 33.8 Å². The Balaban J connectivity index is 3.00. The Morgan fingerprint density at radius 3 is 2.62 bits per heavy atom. The molecule has 0 bridgehead atoms. The summed E-state index contributed by atoms with van der Waals surface area (Å²) >= 11 is 5.59. The molecule has 0 unspecified atom stereocenters. The zero-order valence-corrected chi connectivity index (χ0v) is 7.66. The van der Waals surface area contributed by atoms with Gasteiger partial charge in [-0.25, -0.2) is 13.2 Å². The van der Waals surface area contributed by atoms with Crippen LogP contribution >= 0.6 is 23.6 Å². The minimum Gasteiger partial charge on any atom is -0.337 e. The minimum atomic E-state index is -1.46. The molecule has 1 N–H and O–H groups in total. The van der Waals surface area contributed by atoms with Crippen molar-refractivity contribution in [3.05, 3.63) is 27.5 Å². The summed E-state index contributed by atoms with van der Waals surface area (Å²) in [6.45, 7) is 0. The van der Waals surface area contributed by atoms with E-state index in [0.717, 1.165) is 17.4 Å². The average molecular weight is 221 g/mol. The fourth-order valence-electron chi connectivity index (χ4n) is 0.999. The molecule has 13 heavy (non-hydrogen) atoms. The topological polar surface area (TPSA) is 15.8 Å². The van der Waals surface area contributed by atoms with Gasteiger partial charge in [-0.05, 0) is 12.2 Å². The number of H-pyrrole nitrogens is 1. The average Bonchev–Trinajstić information content (AvgIpc) is 2.42. The van der Waals surface area contributed by atoms with E-state index in [0.29, 0.717) is 3.95 Å². The second-order valence-corrected chi connectivity index (χ2v) is 4.06. The number of fused-ring (bicyclic) bond motifs is 1. The predicted octanol–water partition coefficient (Wildman–Crippen LogP) is 3.38. The zero-order chi connectivity index (χ0) is 9.59. The molecule has 1 nitrogen and oxygen atoms in total. The Kier molecular flexibility index (Phi) is 1.88. The van der Waals surface area contributed by atoms with Crippen molar-refractivity contribution < 1.29 is 13.2 Å². The lowest BCUT2D eigenvalue weighted by Gasteiger charge is -1.94. The second kappa shape index (κ2) is 2.81. The summed E-state index contributed by atoms with van der Waals surface area (Å²) < 4.78 is 38.6. The van der Waals surface area contributed by atoms with Gasteiger partial charge in [-0.3, -0.25) is 0 Å². The molecule has 1 aromatic heterocycles. The maximum Gasteiger partial charge on any atom is 0.196 e. The minimum absolute atomic E-state index is 0.0175.